The molecule has 88 valence electrons. The van der Waals surface area contributed by atoms with Gasteiger partial charge in [-0.25, -0.2) is 4.98 Å². The van der Waals surface area contributed by atoms with Crippen LogP contribution in [0.25, 0.3) is 0 Å². The van der Waals surface area contributed by atoms with E-state index in [1.807, 2.05) is 31.2 Å². The van der Waals surface area contributed by atoms with Crippen molar-refractivity contribution >= 4 is 15.9 Å². The van der Waals surface area contributed by atoms with E-state index in [-0.39, 0.29) is 0 Å². The van der Waals surface area contributed by atoms with Gasteiger partial charge < -0.3 is 9.47 Å². The number of methoxy groups -OCH3 is 1. The summed E-state index contributed by atoms with van der Waals surface area (Å²) in [6.45, 7) is 2.01. The Morgan fingerprint density at radius 1 is 1.12 bits per heavy atom. The third-order valence-electron chi connectivity index (χ3n) is 2.30. The largest absolute Gasteiger partial charge is 0.495 e. The Labute approximate surface area is 109 Å². The minimum absolute atomic E-state index is 0.549. The molecule has 0 N–H and O–H groups in total. The predicted octanol–water partition coefficient (Wildman–Crippen LogP) is 3.95. The highest BCUT2D eigenvalue weighted by atomic mass is 79.9. The minimum Gasteiger partial charge on any atom is -0.495 e. The lowest BCUT2D eigenvalue weighted by atomic mass is 10.2. The molecule has 0 fully saturated rings. The third kappa shape index (κ3) is 2.97. The number of nitrogens with zero attached hydrogens (tertiary/aromatic N) is 1. The lowest BCUT2D eigenvalue weighted by Gasteiger charge is -2.07. The van der Waals surface area contributed by atoms with Crippen LogP contribution in [0.5, 0.6) is 17.4 Å². The fraction of sp³-hybridized carbons (Fsp3) is 0.154. The van der Waals surface area contributed by atoms with Crippen LogP contribution in [0.1, 0.15) is 5.56 Å². The maximum Gasteiger partial charge on any atom is 0.219 e. The standard InChI is InChI=1S/C13H12BrNO2/c1-9-7-10(3-5-12(9)14)17-13-6-4-11(16-2)8-15-13/h3-8H,1-2H3. The number of aryl methyl sites for hydroxylation is 1. The Kier molecular flexibility index (Phi) is 3.64. The maximum atomic E-state index is 5.63. The zero-order valence-electron chi connectivity index (χ0n) is 9.61. The van der Waals surface area contributed by atoms with Gasteiger partial charge in [-0.15, -0.1) is 0 Å². The van der Waals surface area contributed by atoms with Gasteiger partial charge in [0, 0.05) is 10.5 Å². The van der Waals surface area contributed by atoms with E-state index in [0.29, 0.717) is 11.6 Å². The zero-order valence-corrected chi connectivity index (χ0v) is 11.2. The Bertz CT molecular complexity index is 511. The molecular weight excluding hydrogens is 282 g/mol. The minimum atomic E-state index is 0.549. The highest BCUT2D eigenvalue weighted by Gasteiger charge is 2.01. The summed E-state index contributed by atoms with van der Waals surface area (Å²) in [5.74, 6) is 2.03. The molecule has 1 heterocycles. The van der Waals surface area contributed by atoms with E-state index < -0.39 is 0 Å². The summed E-state index contributed by atoms with van der Waals surface area (Å²) in [6, 6.07) is 9.39. The Balaban J connectivity index is 2.16. The van der Waals surface area contributed by atoms with Crippen molar-refractivity contribution in [2.75, 3.05) is 7.11 Å². The molecule has 0 radical (unpaired) electrons. The summed E-state index contributed by atoms with van der Waals surface area (Å²) in [6.07, 6.45) is 1.63. The van der Waals surface area contributed by atoms with Crippen molar-refractivity contribution in [3.8, 4) is 17.4 Å². The highest BCUT2D eigenvalue weighted by molar-refractivity contribution is 9.10. The van der Waals surface area contributed by atoms with E-state index in [2.05, 4.69) is 20.9 Å². The van der Waals surface area contributed by atoms with Crippen molar-refractivity contribution in [3.05, 3.63) is 46.6 Å². The average Bonchev–Trinajstić information content (AvgIpc) is 2.35. The summed E-state index contributed by atoms with van der Waals surface area (Å²) in [4.78, 5) is 4.14. The first-order valence-corrected chi connectivity index (χ1v) is 5.92. The molecule has 2 aromatic rings. The van der Waals surface area contributed by atoms with E-state index in [9.17, 15) is 0 Å². The molecule has 0 aliphatic heterocycles. The van der Waals surface area contributed by atoms with Crippen molar-refractivity contribution in [1.82, 2.24) is 4.98 Å². The van der Waals surface area contributed by atoms with Gasteiger partial charge in [-0.1, -0.05) is 15.9 Å². The lowest BCUT2D eigenvalue weighted by molar-refractivity contribution is 0.407. The van der Waals surface area contributed by atoms with Crippen LogP contribution in [-0.2, 0) is 0 Å². The van der Waals surface area contributed by atoms with Crippen LogP contribution in [0.4, 0.5) is 0 Å². The number of pyridine rings is 1. The molecule has 4 heteroatoms. The van der Waals surface area contributed by atoms with Gasteiger partial charge in [0.05, 0.1) is 13.3 Å². The molecule has 1 aromatic heterocycles. The van der Waals surface area contributed by atoms with Gasteiger partial charge in [-0.3, -0.25) is 0 Å². The van der Waals surface area contributed by atoms with E-state index >= 15 is 0 Å². The van der Waals surface area contributed by atoms with Crippen LogP contribution < -0.4 is 9.47 Å². The first-order valence-electron chi connectivity index (χ1n) is 5.13. The predicted molar refractivity (Wildman–Crippen MR) is 69.7 cm³/mol. The highest BCUT2D eigenvalue weighted by Crippen LogP contribution is 2.25. The molecule has 0 atom stereocenters. The monoisotopic (exact) mass is 293 g/mol. The third-order valence-corrected chi connectivity index (χ3v) is 3.19. The second-order valence-electron chi connectivity index (χ2n) is 3.55. The number of aromatic nitrogens is 1. The number of ether oxygens (including phenoxy) is 2. The summed E-state index contributed by atoms with van der Waals surface area (Å²) < 4.78 is 11.7. The Morgan fingerprint density at radius 3 is 2.47 bits per heavy atom. The fourth-order valence-electron chi connectivity index (χ4n) is 1.35. The van der Waals surface area contributed by atoms with Gasteiger partial charge in [0.15, 0.2) is 0 Å². The molecule has 0 aliphatic rings. The van der Waals surface area contributed by atoms with Crippen LogP contribution in [0.3, 0.4) is 0 Å². The number of halogens is 1. The van der Waals surface area contributed by atoms with Gasteiger partial charge >= 0.3 is 0 Å². The zero-order chi connectivity index (χ0) is 12.3. The molecule has 0 saturated heterocycles. The first-order chi connectivity index (χ1) is 8.19. The average molecular weight is 294 g/mol. The fourth-order valence-corrected chi connectivity index (χ4v) is 1.60. The van der Waals surface area contributed by atoms with Crippen LogP contribution in [0.2, 0.25) is 0 Å². The molecule has 3 nitrogen and oxygen atoms in total. The number of rotatable bonds is 3. The van der Waals surface area contributed by atoms with Gasteiger partial charge in [-0.05, 0) is 36.8 Å². The number of hydrogen-bond donors (Lipinski definition) is 0. The van der Waals surface area contributed by atoms with Gasteiger partial charge in [0.2, 0.25) is 5.88 Å². The smallest absolute Gasteiger partial charge is 0.219 e. The van der Waals surface area contributed by atoms with E-state index in [1.165, 1.54) is 0 Å². The van der Waals surface area contributed by atoms with Gasteiger partial charge in [-0.2, -0.15) is 0 Å². The van der Waals surface area contributed by atoms with Crippen molar-refractivity contribution in [2.24, 2.45) is 0 Å². The lowest BCUT2D eigenvalue weighted by Crippen LogP contribution is -1.89. The van der Waals surface area contributed by atoms with Crippen molar-refractivity contribution in [1.29, 1.82) is 0 Å². The second kappa shape index (κ2) is 5.19. The molecule has 0 aliphatic carbocycles. The maximum absolute atomic E-state index is 5.63. The molecule has 0 bridgehead atoms. The van der Waals surface area contributed by atoms with Crippen LogP contribution in [0.15, 0.2) is 41.0 Å². The van der Waals surface area contributed by atoms with Crippen molar-refractivity contribution in [2.45, 2.75) is 6.92 Å². The second-order valence-corrected chi connectivity index (χ2v) is 4.40. The summed E-state index contributed by atoms with van der Waals surface area (Å²) in [5, 5.41) is 0. The molecule has 0 unspecified atom stereocenters. The van der Waals surface area contributed by atoms with Crippen LogP contribution >= 0.6 is 15.9 Å². The van der Waals surface area contributed by atoms with Gasteiger partial charge in [0.25, 0.3) is 0 Å². The molecule has 0 spiro atoms. The molecule has 0 amide bonds. The van der Waals surface area contributed by atoms with Gasteiger partial charge in [0.1, 0.15) is 11.5 Å². The van der Waals surface area contributed by atoms with Crippen molar-refractivity contribution in [3.63, 3.8) is 0 Å². The molecule has 2 rings (SSSR count). The summed E-state index contributed by atoms with van der Waals surface area (Å²) in [7, 11) is 1.61. The molecular formula is C13H12BrNO2. The normalized spacial score (nSPS) is 10.1. The van der Waals surface area contributed by atoms with Crippen LogP contribution in [0, 0.1) is 6.92 Å². The Hall–Kier alpha value is -1.55. The topological polar surface area (TPSA) is 31.4 Å². The summed E-state index contributed by atoms with van der Waals surface area (Å²) >= 11 is 3.45. The van der Waals surface area contributed by atoms with E-state index in [0.717, 1.165) is 15.8 Å². The van der Waals surface area contributed by atoms with Crippen LogP contribution in [-0.4, -0.2) is 12.1 Å². The van der Waals surface area contributed by atoms with E-state index in [4.69, 9.17) is 9.47 Å². The van der Waals surface area contributed by atoms with E-state index in [1.54, 1.807) is 19.4 Å². The number of hydrogen-bond acceptors (Lipinski definition) is 3. The molecule has 1 aromatic carbocycles. The Morgan fingerprint density at radius 2 is 1.88 bits per heavy atom. The summed E-state index contributed by atoms with van der Waals surface area (Å²) in [5.41, 5.74) is 1.12. The molecule has 0 saturated carbocycles. The SMILES string of the molecule is COc1ccc(Oc2ccc(Br)c(C)c2)nc1. The number of benzene rings is 1. The van der Waals surface area contributed by atoms with Crippen molar-refractivity contribution < 1.29 is 9.47 Å². The quantitative estimate of drug-likeness (QED) is 0.858. The first kappa shape index (κ1) is 11.9. The molecule has 17 heavy (non-hydrogen) atoms.